The first-order valence-electron chi connectivity index (χ1n) is 13.1. The van der Waals surface area contributed by atoms with Crippen molar-refractivity contribution in [2.75, 3.05) is 20.1 Å². The number of hydrazine groups is 1. The van der Waals surface area contributed by atoms with Crippen LogP contribution in [-0.4, -0.2) is 53.6 Å². The third kappa shape index (κ3) is 6.52. The molecule has 224 valence electrons. The molecule has 5 rings (SSSR count). The van der Waals surface area contributed by atoms with Gasteiger partial charge in [-0.2, -0.15) is 13.2 Å². The first-order valence-corrected chi connectivity index (χ1v) is 15.0. The normalized spacial score (nSPS) is 22.9. The molecule has 14 heteroatoms. The fraction of sp³-hybridized carbons (Fsp3) is 0.321. The van der Waals surface area contributed by atoms with E-state index in [1.54, 1.807) is 29.8 Å². The Kier molecular flexibility index (Phi) is 8.45. The number of carboxylic acid groups (broad SMARTS) is 1. The van der Waals surface area contributed by atoms with Crippen LogP contribution in [-0.2, 0) is 30.1 Å². The van der Waals surface area contributed by atoms with Crippen LogP contribution in [0.3, 0.4) is 0 Å². The van der Waals surface area contributed by atoms with Gasteiger partial charge in [-0.1, -0.05) is 25.1 Å². The number of nitrogens with two attached hydrogens (primary N) is 2. The molecule has 1 saturated heterocycles. The lowest BCUT2D eigenvalue weighted by Crippen LogP contribution is -2.29. The lowest BCUT2D eigenvalue weighted by Gasteiger charge is -2.22. The molecule has 1 aromatic heterocycles. The molecule has 2 aliphatic heterocycles. The van der Waals surface area contributed by atoms with E-state index in [0.717, 1.165) is 17.7 Å². The van der Waals surface area contributed by atoms with Crippen LogP contribution >= 0.6 is 11.9 Å². The van der Waals surface area contributed by atoms with E-state index >= 15 is 0 Å². The number of carboxylic acids is 1. The molecule has 3 heterocycles. The van der Waals surface area contributed by atoms with Gasteiger partial charge in [-0.15, -0.1) is 0 Å². The van der Waals surface area contributed by atoms with E-state index in [2.05, 4.69) is 0 Å². The Bertz CT molecular complexity index is 1560. The van der Waals surface area contributed by atoms with Gasteiger partial charge in [-0.25, -0.2) is 23.5 Å². The van der Waals surface area contributed by atoms with Gasteiger partial charge < -0.3 is 20.4 Å². The topological polar surface area (TPSA) is 121 Å². The lowest BCUT2D eigenvalue weighted by atomic mass is 9.99. The molecule has 0 aliphatic carbocycles. The molecule has 2 aromatic carbocycles. The molecule has 4 atom stereocenters. The Morgan fingerprint density at radius 1 is 1.21 bits per heavy atom. The van der Waals surface area contributed by atoms with Crippen LogP contribution in [0.4, 0.5) is 13.2 Å². The summed E-state index contributed by atoms with van der Waals surface area (Å²) in [6.07, 6.45) is -0.737. The number of nitrogens with zero attached hydrogens (tertiary/aromatic N) is 4. The van der Waals surface area contributed by atoms with Crippen LogP contribution in [0.25, 0.3) is 5.69 Å². The van der Waals surface area contributed by atoms with Crippen molar-refractivity contribution in [3.05, 3.63) is 93.9 Å². The van der Waals surface area contributed by atoms with Crippen LogP contribution in [0, 0.1) is 5.92 Å². The van der Waals surface area contributed by atoms with Gasteiger partial charge in [0, 0.05) is 44.8 Å². The first-order chi connectivity index (χ1) is 19.8. The molecule has 2 aliphatic rings. The molecule has 1 fully saturated rings. The second kappa shape index (κ2) is 11.8. The average Bonchev–Trinajstić information content (AvgIpc) is 3.52. The van der Waals surface area contributed by atoms with Crippen LogP contribution in [0.2, 0.25) is 0 Å². The maximum Gasteiger partial charge on any atom is 0.416 e. The number of aromatic nitrogens is 1. The summed E-state index contributed by atoms with van der Waals surface area (Å²) in [5, 5.41) is 11.7. The Morgan fingerprint density at radius 3 is 2.67 bits per heavy atom. The van der Waals surface area contributed by atoms with Crippen molar-refractivity contribution in [3.8, 4) is 5.69 Å². The fourth-order valence-corrected chi connectivity index (χ4v) is 7.65. The van der Waals surface area contributed by atoms with Gasteiger partial charge in [0.15, 0.2) is 0 Å². The van der Waals surface area contributed by atoms with Crippen molar-refractivity contribution in [3.63, 3.8) is 0 Å². The molecular formula is C28H31F3N6O3S2. The molecule has 0 amide bonds. The van der Waals surface area contributed by atoms with E-state index in [9.17, 15) is 27.3 Å². The van der Waals surface area contributed by atoms with E-state index in [1.807, 2.05) is 40.1 Å². The minimum absolute atomic E-state index is 0.0724. The zero-order valence-corrected chi connectivity index (χ0v) is 24.5. The zero-order chi connectivity index (χ0) is 30.3. The van der Waals surface area contributed by atoms with E-state index in [-0.39, 0.29) is 29.0 Å². The van der Waals surface area contributed by atoms with Gasteiger partial charge >= 0.3 is 12.1 Å². The summed E-state index contributed by atoms with van der Waals surface area (Å²) in [6, 6.07) is 12.2. The zero-order valence-electron chi connectivity index (χ0n) is 22.9. The number of alkyl halides is 3. The summed E-state index contributed by atoms with van der Waals surface area (Å²) >= 11 is 1.28. The highest BCUT2D eigenvalue weighted by molar-refractivity contribution is 8.01. The van der Waals surface area contributed by atoms with Gasteiger partial charge in [-0.3, -0.25) is 0 Å². The number of benzene rings is 2. The third-order valence-corrected chi connectivity index (χ3v) is 9.50. The van der Waals surface area contributed by atoms with E-state index in [1.165, 1.54) is 23.0 Å². The molecular weight excluding hydrogens is 589 g/mol. The van der Waals surface area contributed by atoms with Crippen LogP contribution in [0.5, 0.6) is 0 Å². The highest BCUT2D eigenvalue weighted by atomic mass is 32.2. The number of fused-ring (bicyclic) bond motifs is 1. The third-order valence-electron chi connectivity index (χ3n) is 7.04. The van der Waals surface area contributed by atoms with E-state index < -0.39 is 28.7 Å². The first kappa shape index (κ1) is 30.2. The van der Waals surface area contributed by atoms with Crippen molar-refractivity contribution >= 4 is 28.9 Å². The van der Waals surface area contributed by atoms with Gasteiger partial charge in [0.2, 0.25) is 0 Å². The minimum Gasteiger partial charge on any atom is -0.478 e. The molecule has 0 saturated carbocycles. The number of carbonyl (C=O) groups is 1. The molecule has 3 aromatic rings. The van der Waals surface area contributed by atoms with Crippen LogP contribution in [0.15, 0.2) is 70.9 Å². The summed E-state index contributed by atoms with van der Waals surface area (Å²) in [5.41, 5.74) is 8.14. The van der Waals surface area contributed by atoms with Crippen molar-refractivity contribution in [2.24, 2.45) is 17.5 Å². The monoisotopic (exact) mass is 620 g/mol. The van der Waals surface area contributed by atoms with Gasteiger partial charge in [-0.05, 0) is 65.7 Å². The van der Waals surface area contributed by atoms with Crippen molar-refractivity contribution < 1.29 is 27.3 Å². The second-order valence-corrected chi connectivity index (χ2v) is 13.1. The lowest BCUT2D eigenvalue weighted by molar-refractivity contribution is -0.137. The van der Waals surface area contributed by atoms with Crippen LogP contribution < -0.4 is 11.6 Å². The predicted octanol–water partition coefficient (Wildman–Crippen LogP) is 4.48. The number of hydrogen-bond acceptors (Lipinski definition) is 7. The van der Waals surface area contributed by atoms with Crippen LogP contribution in [0.1, 0.15) is 45.7 Å². The summed E-state index contributed by atoms with van der Waals surface area (Å²) in [5.74, 6) is 4.66. The van der Waals surface area contributed by atoms with E-state index in [4.69, 9.17) is 11.6 Å². The Hall–Kier alpha value is -3.30. The fourth-order valence-electron chi connectivity index (χ4n) is 5.19. The number of hydrogen-bond donors (Lipinski definition) is 3. The molecule has 0 spiro atoms. The molecule has 2 unspecified atom stereocenters. The maximum absolute atomic E-state index is 13.6. The van der Waals surface area contributed by atoms with Crippen molar-refractivity contribution in [1.29, 1.82) is 0 Å². The summed E-state index contributed by atoms with van der Waals surface area (Å²) in [6.45, 7) is 3.25. The minimum atomic E-state index is -4.53. The smallest absolute Gasteiger partial charge is 0.416 e. The second-order valence-electron chi connectivity index (χ2n) is 10.6. The number of halogens is 3. The Labute approximate surface area is 248 Å². The molecule has 5 N–H and O–H groups in total. The summed E-state index contributed by atoms with van der Waals surface area (Å²) < 4.78 is 59.3. The maximum atomic E-state index is 13.6. The quantitative estimate of drug-likeness (QED) is 0.146. The SMILES string of the molecule is C[C@H]1Cc2ccc(C(F)(F)F)cc2S(=O)N(Cc2cccc(-n3ccc(C(=O)O)c3[C@@H]3CN3S/C(N)=C/N(C)N)c2)C1. The van der Waals surface area contributed by atoms with Gasteiger partial charge in [0.1, 0.15) is 11.0 Å². The Balaban J connectivity index is 1.42. The highest BCUT2D eigenvalue weighted by Gasteiger charge is 2.42. The molecule has 0 bridgehead atoms. The van der Waals surface area contributed by atoms with E-state index in [0.29, 0.717) is 41.5 Å². The summed E-state index contributed by atoms with van der Waals surface area (Å²) in [4.78, 5) is 12.3. The number of aromatic carboxylic acids is 1. The van der Waals surface area contributed by atoms with Gasteiger partial charge in [0.25, 0.3) is 0 Å². The van der Waals surface area contributed by atoms with Crippen molar-refractivity contribution in [2.45, 2.75) is 37.0 Å². The van der Waals surface area contributed by atoms with Gasteiger partial charge in [0.05, 0.1) is 32.8 Å². The summed E-state index contributed by atoms with van der Waals surface area (Å²) in [7, 11) is -0.150. The average molecular weight is 621 g/mol. The predicted molar refractivity (Wildman–Crippen MR) is 155 cm³/mol. The Morgan fingerprint density at radius 2 is 1.98 bits per heavy atom. The molecule has 9 nitrogen and oxygen atoms in total. The highest BCUT2D eigenvalue weighted by Crippen LogP contribution is 2.45. The molecule has 42 heavy (non-hydrogen) atoms. The molecule has 0 radical (unpaired) electrons. The van der Waals surface area contributed by atoms with Crippen molar-refractivity contribution in [1.82, 2.24) is 18.2 Å². The largest absolute Gasteiger partial charge is 0.478 e. The number of rotatable bonds is 8. The standard InChI is InChI=1S/C28H31F3N6O3S2/c1-17-10-19-6-7-20(28(29,30)31)12-24(19)42(40)35(13-17)14-18-4-3-5-21(11-18)36-9-8-22(27(38)39)26(36)23-15-37(23)41-25(32)16-34(2)33/h3-9,11-12,16-17,23H,10,13-15,32-33H2,1-2H3,(H,38,39)/b25-16+/t17-,23-,37?,42?/m0/s1.